The van der Waals surface area contributed by atoms with Crippen LogP contribution in [-0.4, -0.2) is 5.43 Å². The van der Waals surface area contributed by atoms with Crippen molar-refractivity contribution in [2.45, 2.75) is 39.8 Å². The Kier molecular flexibility index (Phi) is 14.0. The Labute approximate surface area is 197 Å². The monoisotopic (exact) mass is 504 g/mol. The molecule has 0 heterocycles. The van der Waals surface area contributed by atoms with E-state index in [0.29, 0.717) is 0 Å². The number of hydrogen-bond acceptors (Lipinski definition) is 0. The smallest absolute Gasteiger partial charge is 0.0809 e. The van der Waals surface area contributed by atoms with Gasteiger partial charge in [0.25, 0.3) is 0 Å². The maximum atomic E-state index is 2.33. The van der Waals surface area contributed by atoms with Gasteiger partial charge in [0, 0.05) is 0 Å². The second kappa shape index (κ2) is 14.3. The molecule has 0 N–H and O–H groups in total. The van der Waals surface area contributed by atoms with Crippen LogP contribution in [0.15, 0.2) is 72.8 Å². The van der Waals surface area contributed by atoms with Crippen LogP contribution in [0, 0.1) is 0 Å². The molecule has 0 nitrogen and oxygen atoms in total. The molecule has 0 amide bonds. The number of hydrogen-bond donors (Lipinski definition) is 0. The average Bonchev–Trinajstić information content (AvgIpc) is 3.27. The molecule has 4 rings (SSSR count). The molecule has 0 saturated carbocycles. The summed E-state index contributed by atoms with van der Waals surface area (Å²) in [6, 6.07) is 25.9. The third-order valence-electron chi connectivity index (χ3n) is 4.24. The number of fused-ring (bicyclic) bond motifs is 2. The van der Waals surface area contributed by atoms with Crippen molar-refractivity contribution in [3.63, 3.8) is 0 Å². The summed E-state index contributed by atoms with van der Waals surface area (Å²) in [4.78, 5) is 0. The Hall–Kier alpha value is -0.660. The fourth-order valence-corrected chi connectivity index (χ4v) is 2.94. The van der Waals surface area contributed by atoms with Crippen LogP contribution in [0.3, 0.4) is 0 Å². The molecular formula is C24H28Cl2SiZr-2. The molecule has 0 bridgehead atoms. The summed E-state index contributed by atoms with van der Waals surface area (Å²) in [7, 11) is 0. The van der Waals surface area contributed by atoms with E-state index in [1.165, 1.54) is 32.7 Å². The molecule has 148 valence electrons. The van der Waals surface area contributed by atoms with Gasteiger partial charge >= 0.3 is 41.9 Å². The van der Waals surface area contributed by atoms with Gasteiger partial charge in [-0.25, -0.2) is 0 Å². The van der Waals surface area contributed by atoms with Gasteiger partial charge in [-0.2, -0.15) is 23.6 Å². The summed E-state index contributed by atoms with van der Waals surface area (Å²) in [5, 5.41) is 5.51. The second-order valence-corrected chi connectivity index (χ2v) is 16.0. The van der Waals surface area contributed by atoms with Crippen LogP contribution in [-0.2, 0) is 36.2 Å². The second-order valence-electron chi connectivity index (χ2n) is 6.65. The van der Waals surface area contributed by atoms with Crippen molar-refractivity contribution in [1.82, 2.24) is 0 Å². The molecule has 4 heteroatoms. The van der Waals surface area contributed by atoms with Crippen LogP contribution in [0.1, 0.15) is 25.0 Å². The van der Waals surface area contributed by atoms with Gasteiger partial charge in [0.05, 0.1) is 0 Å². The van der Waals surface area contributed by atoms with Gasteiger partial charge < -0.3 is 24.8 Å². The minimum absolute atomic E-state index is 0. The summed E-state index contributed by atoms with van der Waals surface area (Å²) in [6.07, 6.45) is 2.27. The van der Waals surface area contributed by atoms with Crippen molar-refractivity contribution >= 4 is 27.0 Å². The SMILES string of the molecule is CCc1cc2c(CC)cccc2[cH-]1.C[Si](C)=[Zr+2].[Cl-].[Cl-].c1ccc2[cH-]ccc2c1. The topological polar surface area (TPSA) is 0 Å². The molecule has 28 heavy (non-hydrogen) atoms. The Morgan fingerprint density at radius 1 is 0.857 bits per heavy atom. The van der Waals surface area contributed by atoms with E-state index in [1.807, 2.05) is 0 Å². The molecule has 0 atom stereocenters. The Balaban J connectivity index is 0.000000428. The van der Waals surface area contributed by atoms with Crippen molar-refractivity contribution in [3.05, 3.63) is 83.9 Å². The summed E-state index contributed by atoms with van der Waals surface area (Å²) in [5.41, 5.74) is 3.13. The van der Waals surface area contributed by atoms with Crippen molar-refractivity contribution in [1.29, 1.82) is 0 Å². The predicted molar refractivity (Wildman–Crippen MR) is 115 cm³/mol. The third-order valence-corrected chi connectivity index (χ3v) is 4.24. The molecular weight excluding hydrogens is 478 g/mol. The van der Waals surface area contributed by atoms with Gasteiger partial charge in [-0.15, -0.1) is 64.2 Å². The summed E-state index contributed by atoms with van der Waals surface area (Å²) >= 11 is 1.74. The zero-order chi connectivity index (χ0) is 18.9. The van der Waals surface area contributed by atoms with Crippen molar-refractivity contribution in [2.75, 3.05) is 0 Å². The van der Waals surface area contributed by atoms with E-state index in [1.54, 1.807) is 23.3 Å². The van der Waals surface area contributed by atoms with Crippen LogP contribution in [0.2, 0.25) is 13.1 Å². The fourth-order valence-electron chi connectivity index (χ4n) is 2.94. The molecule has 0 aliphatic heterocycles. The third kappa shape index (κ3) is 8.37. The van der Waals surface area contributed by atoms with Gasteiger partial charge in [-0.1, -0.05) is 31.5 Å². The van der Waals surface area contributed by atoms with Crippen LogP contribution in [0.4, 0.5) is 0 Å². The molecule has 4 aromatic rings. The van der Waals surface area contributed by atoms with Gasteiger partial charge in [0.1, 0.15) is 0 Å². The molecule has 0 radical (unpaired) electrons. The molecule has 0 unspecified atom stereocenters. The Morgan fingerprint density at radius 3 is 2.11 bits per heavy atom. The number of rotatable bonds is 2. The van der Waals surface area contributed by atoms with Crippen LogP contribution >= 0.6 is 0 Å². The van der Waals surface area contributed by atoms with E-state index in [0.717, 1.165) is 12.8 Å². The molecule has 4 aromatic carbocycles. The normalized spacial score (nSPS) is 9.36. The molecule has 0 saturated heterocycles. The number of benzene rings is 2. The van der Waals surface area contributed by atoms with Gasteiger partial charge in [-0.3, -0.25) is 0 Å². The minimum atomic E-state index is 0. The van der Waals surface area contributed by atoms with Gasteiger partial charge in [-0.05, 0) is 12.8 Å². The maximum Gasteiger partial charge on any atom is -0.0809 e. The van der Waals surface area contributed by atoms with E-state index in [9.17, 15) is 0 Å². The first-order valence-electron chi connectivity index (χ1n) is 9.34. The number of halogens is 2. The van der Waals surface area contributed by atoms with E-state index in [4.69, 9.17) is 0 Å². The molecule has 0 spiro atoms. The minimum Gasteiger partial charge on any atom is -1.00 e. The van der Waals surface area contributed by atoms with Crippen molar-refractivity contribution < 1.29 is 48.1 Å². The summed E-state index contributed by atoms with van der Waals surface area (Å²) in [6.45, 7) is 9.04. The molecule has 0 aromatic heterocycles. The van der Waals surface area contributed by atoms with Crippen molar-refractivity contribution in [3.8, 4) is 0 Å². The summed E-state index contributed by atoms with van der Waals surface area (Å²) in [5.74, 6) is 0. The van der Waals surface area contributed by atoms with Gasteiger partial charge in [0.2, 0.25) is 0 Å². The molecule has 0 aliphatic carbocycles. The van der Waals surface area contributed by atoms with Crippen molar-refractivity contribution in [2.24, 2.45) is 0 Å². The quantitative estimate of drug-likeness (QED) is 0.282. The average molecular weight is 507 g/mol. The largest absolute Gasteiger partial charge is 1.00 e. The van der Waals surface area contributed by atoms with Crippen LogP contribution in [0.5, 0.6) is 0 Å². The van der Waals surface area contributed by atoms with Crippen LogP contribution in [0.25, 0.3) is 21.5 Å². The molecule has 0 fully saturated rings. The zero-order valence-electron chi connectivity index (χ0n) is 17.1. The standard InChI is InChI=1S/C13H15.C9H7.C2H6Si.2ClH.Zr/c1-3-10-8-12-7-5-6-11(4-2)13(12)9-10;1-2-5-9-7-3-6-8(9)4-1;1-3-2;;;/h5-9H,3-4H2,1-2H3;1-7H;1-2H3;2*1H;/q2*-1;;;;+2/p-2. The summed E-state index contributed by atoms with van der Waals surface area (Å²) < 4.78 is 0. The van der Waals surface area contributed by atoms with Gasteiger partial charge in [0.15, 0.2) is 0 Å². The maximum absolute atomic E-state index is 2.33. The fraction of sp³-hybridized carbons (Fsp3) is 0.250. The van der Waals surface area contributed by atoms with E-state index in [2.05, 4.69) is 99.7 Å². The van der Waals surface area contributed by atoms with E-state index < -0.39 is 0 Å². The number of aryl methyl sites for hydroxylation is 2. The van der Waals surface area contributed by atoms with E-state index in [-0.39, 0.29) is 30.2 Å². The Morgan fingerprint density at radius 2 is 1.50 bits per heavy atom. The first-order valence-corrected chi connectivity index (χ1v) is 15.5. The molecule has 0 aliphatic rings. The first kappa shape index (κ1) is 27.3. The zero-order valence-corrected chi connectivity index (χ0v) is 22.1. The van der Waals surface area contributed by atoms with E-state index >= 15 is 0 Å². The predicted octanol–water partition coefficient (Wildman–Crippen LogP) is 1.03. The Bertz CT molecular complexity index is 935. The van der Waals surface area contributed by atoms with Crippen LogP contribution < -0.4 is 24.8 Å². The first-order chi connectivity index (χ1) is 12.5.